The first-order chi connectivity index (χ1) is 6.74. The molecule has 1 rings (SSSR count). The highest BCUT2D eigenvalue weighted by atomic mass is 16.4. The van der Waals surface area contributed by atoms with E-state index >= 15 is 0 Å². The third-order valence-electron chi connectivity index (χ3n) is 1.60. The molecule has 14 heavy (non-hydrogen) atoms. The van der Waals surface area contributed by atoms with Gasteiger partial charge in [0.25, 0.3) is 0 Å². The van der Waals surface area contributed by atoms with E-state index in [0.717, 1.165) is 12.1 Å². The van der Waals surface area contributed by atoms with Crippen LogP contribution in [0.1, 0.15) is 23.7 Å². The van der Waals surface area contributed by atoms with E-state index < -0.39 is 5.97 Å². The van der Waals surface area contributed by atoms with Gasteiger partial charge in [0.2, 0.25) is 0 Å². The maximum atomic E-state index is 10.5. The van der Waals surface area contributed by atoms with Crippen LogP contribution in [-0.4, -0.2) is 17.3 Å². The summed E-state index contributed by atoms with van der Waals surface area (Å²) in [4.78, 5) is 10.5. The first-order valence-corrected chi connectivity index (χ1v) is 4.35. The molecule has 1 aromatic carbocycles. The van der Waals surface area contributed by atoms with Crippen molar-refractivity contribution < 1.29 is 9.90 Å². The predicted octanol–water partition coefficient (Wildman–Crippen LogP) is 2.19. The van der Waals surface area contributed by atoms with Crippen LogP contribution in [0.2, 0.25) is 0 Å². The van der Waals surface area contributed by atoms with E-state index in [1.54, 1.807) is 18.3 Å². The zero-order valence-electron chi connectivity index (χ0n) is 7.90. The van der Waals surface area contributed by atoms with E-state index in [9.17, 15) is 4.79 Å². The Morgan fingerprint density at radius 1 is 1.50 bits per heavy atom. The van der Waals surface area contributed by atoms with Gasteiger partial charge in [-0.25, -0.2) is 4.79 Å². The molecule has 0 aromatic heterocycles. The van der Waals surface area contributed by atoms with Crippen molar-refractivity contribution in [2.75, 3.05) is 5.43 Å². The van der Waals surface area contributed by atoms with Crippen LogP contribution >= 0.6 is 0 Å². The lowest BCUT2D eigenvalue weighted by atomic mass is 10.2. The fourth-order valence-electron chi connectivity index (χ4n) is 0.899. The number of nitrogens with zero attached hydrogens (tertiary/aromatic N) is 1. The number of nitrogens with one attached hydrogen (secondary N) is 1. The van der Waals surface area contributed by atoms with Crippen molar-refractivity contribution in [3.05, 3.63) is 29.8 Å². The molecule has 74 valence electrons. The molecule has 0 saturated carbocycles. The Bertz CT molecular complexity index is 330. The van der Waals surface area contributed by atoms with E-state index in [0.29, 0.717) is 0 Å². The van der Waals surface area contributed by atoms with Crippen LogP contribution < -0.4 is 5.43 Å². The van der Waals surface area contributed by atoms with Crippen molar-refractivity contribution in [1.82, 2.24) is 0 Å². The lowest BCUT2D eigenvalue weighted by Gasteiger charge is -1.99. The minimum absolute atomic E-state index is 0.273. The van der Waals surface area contributed by atoms with Crippen molar-refractivity contribution >= 4 is 17.9 Å². The first-order valence-electron chi connectivity index (χ1n) is 4.35. The van der Waals surface area contributed by atoms with Crippen molar-refractivity contribution in [3.8, 4) is 0 Å². The normalized spacial score (nSPS) is 10.4. The summed E-state index contributed by atoms with van der Waals surface area (Å²) in [6, 6.07) is 6.42. The smallest absolute Gasteiger partial charge is 0.335 e. The number of carbonyl (C=O) groups is 1. The van der Waals surface area contributed by atoms with Crippen molar-refractivity contribution in [1.29, 1.82) is 0 Å². The van der Waals surface area contributed by atoms with E-state index in [1.807, 2.05) is 6.92 Å². The summed E-state index contributed by atoms with van der Waals surface area (Å²) in [6.07, 6.45) is 2.60. The SMILES string of the molecule is CCC=NNc1ccc(C(=O)O)cc1. The summed E-state index contributed by atoms with van der Waals surface area (Å²) in [5.74, 6) is -0.923. The molecule has 0 fully saturated rings. The zero-order chi connectivity index (χ0) is 10.4. The Morgan fingerprint density at radius 3 is 2.64 bits per heavy atom. The molecule has 0 aliphatic carbocycles. The molecule has 0 saturated heterocycles. The minimum Gasteiger partial charge on any atom is -0.478 e. The molecule has 0 radical (unpaired) electrons. The van der Waals surface area contributed by atoms with Crippen molar-refractivity contribution in [2.45, 2.75) is 13.3 Å². The Morgan fingerprint density at radius 2 is 2.14 bits per heavy atom. The highest BCUT2D eigenvalue weighted by Gasteiger charge is 2.00. The summed E-state index contributed by atoms with van der Waals surface area (Å²) >= 11 is 0. The standard InChI is InChI=1S/C10H12N2O2/c1-2-7-11-12-9-5-3-8(4-6-9)10(13)14/h3-7,12H,2H2,1H3,(H,13,14). The average Bonchev–Trinajstić information content (AvgIpc) is 2.19. The highest BCUT2D eigenvalue weighted by Crippen LogP contribution is 2.08. The number of anilines is 1. The van der Waals surface area contributed by atoms with Gasteiger partial charge in [0.1, 0.15) is 0 Å². The van der Waals surface area contributed by atoms with Crippen LogP contribution in [0.25, 0.3) is 0 Å². The predicted molar refractivity (Wildman–Crippen MR) is 55.8 cm³/mol. The van der Waals surface area contributed by atoms with Crippen LogP contribution in [0.15, 0.2) is 29.4 Å². The molecule has 0 amide bonds. The summed E-state index contributed by atoms with van der Waals surface area (Å²) in [5, 5.41) is 12.6. The van der Waals surface area contributed by atoms with Gasteiger partial charge in [-0.05, 0) is 30.7 Å². The lowest BCUT2D eigenvalue weighted by Crippen LogP contribution is -1.96. The number of hydrogen-bond acceptors (Lipinski definition) is 3. The first kappa shape index (κ1) is 10.2. The van der Waals surface area contributed by atoms with E-state index in [2.05, 4.69) is 10.5 Å². The molecule has 4 heteroatoms. The molecule has 0 heterocycles. The van der Waals surface area contributed by atoms with Gasteiger partial charge in [-0.15, -0.1) is 0 Å². The molecule has 0 atom stereocenters. The number of aromatic carboxylic acids is 1. The van der Waals surface area contributed by atoms with Gasteiger partial charge in [-0.3, -0.25) is 5.43 Å². The van der Waals surface area contributed by atoms with E-state index in [1.165, 1.54) is 12.1 Å². The number of carboxylic acid groups (broad SMARTS) is 1. The second-order valence-corrected chi connectivity index (χ2v) is 2.71. The number of hydrazone groups is 1. The molecule has 4 nitrogen and oxygen atoms in total. The molecular weight excluding hydrogens is 180 g/mol. The summed E-state index contributed by atoms with van der Waals surface area (Å²) in [5.41, 5.74) is 3.84. The Kier molecular flexibility index (Phi) is 3.67. The van der Waals surface area contributed by atoms with Crippen molar-refractivity contribution in [3.63, 3.8) is 0 Å². The molecule has 0 spiro atoms. The summed E-state index contributed by atoms with van der Waals surface area (Å²) in [7, 11) is 0. The van der Waals surface area contributed by atoms with E-state index in [4.69, 9.17) is 5.11 Å². The second kappa shape index (κ2) is 5.01. The topological polar surface area (TPSA) is 61.7 Å². The zero-order valence-corrected chi connectivity index (χ0v) is 7.90. The van der Waals surface area contributed by atoms with Gasteiger partial charge >= 0.3 is 5.97 Å². The monoisotopic (exact) mass is 192 g/mol. The van der Waals surface area contributed by atoms with Crippen LogP contribution in [0, 0.1) is 0 Å². The third-order valence-corrected chi connectivity index (χ3v) is 1.60. The quantitative estimate of drug-likeness (QED) is 0.567. The minimum atomic E-state index is -0.923. The fraction of sp³-hybridized carbons (Fsp3) is 0.200. The third kappa shape index (κ3) is 2.90. The highest BCUT2D eigenvalue weighted by molar-refractivity contribution is 5.88. The number of rotatable bonds is 4. The molecule has 0 aliphatic heterocycles. The van der Waals surface area contributed by atoms with Gasteiger partial charge in [0.15, 0.2) is 0 Å². The van der Waals surface area contributed by atoms with Gasteiger partial charge in [-0.2, -0.15) is 5.10 Å². The summed E-state index contributed by atoms with van der Waals surface area (Å²) in [6.45, 7) is 1.98. The number of hydrogen-bond donors (Lipinski definition) is 2. The number of benzene rings is 1. The lowest BCUT2D eigenvalue weighted by molar-refractivity contribution is 0.0697. The van der Waals surface area contributed by atoms with Gasteiger partial charge < -0.3 is 5.11 Å². The molecule has 0 aliphatic rings. The molecular formula is C10H12N2O2. The van der Waals surface area contributed by atoms with Crippen LogP contribution in [0.4, 0.5) is 5.69 Å². The number of carboxylic acids is 1. The maximum Gasteiger partial charge on any atom is 0.335 e. The second-order valence-electron chi connectivity index (χ2n) is 2.71. The largest absolute Gasteiger partial charge is 0.478 e. The Balaban J connectivity index is 2.64. The Hall–Kier alpha value is -1.84. The maximum absolute atomic E-state index is 10.5. The van der Waals surface area contributed by atoms with Crippen LogP contribution in [0.3, 0.4) is 0 Å². The van der Waals surface area contributed by atoms with E-state index in [-0.39, 0.29) is 5.56 Å². The molecule has 2 N–H and O–H groups in total. The average molecular weight is 192 g/mol. The molecule has 0 unspecified atom stereocenters. The van der Waals surface area contributed by atoms with Crippen LogP contribution in [-0.2, 0) is 0 Å². The van der Waals surface area contributed by atoms with Gasteiger partial charge in [-0.1, -0.05) is 6.92 Å². The van der Waals surface area contributed by atoms with Gasteiger partial charge in [0.05, 0.1) is 11.3 Å². The Labute approximate surface area is 82.3 Å². The van der Waals surface area contributed by atoms with Crippen molar-refractivity contribution in [2.24, 2.45) is 5.10 Å². The summed E-state index contributed by atoms with van der Waals surface area (Å²) < 4.78 is 0. The molecule has 0 bridgehead atoms. The van der Waals surface area contributed by atoms with Crippen LogP contribution in [0.5, 0.6) is 0 Å². The fourth-order valence-corrected chi connectivity index (χ4v) is 0.899. The molecule has 1 aromatic rings. The van der Waals surface area contributed by atoms with Gasteiger partial charge in [0, 0.05) is 6.21 Å².